The number of benzene rings is 2. The Morgan fingerprint density at radius 2 is 1.43 bits per heavy atom. The van der Waals surface area contributed by atoms with Gasteiger partial charge >= 0.3 is 11.9 Å². The summed E-state index contributed by atoms with van der Waals surface area (Å²) in [5.74, 6) is -1.45. The van der Waals surface area contributed by atoms with Crippen molar-refractivity contribution in [2.45, 2.75) is 6.54 Å². The van der Waals surface area contributed by atoms with E-state index in [1.807, 2.05) is 54.6 Å². The molecule has 0 radical (unpaired) electrons. The van der Waals surface area contributed by atoms with Crippen molar-refractivity contribution in [3.05, 3.63) is 79.8 Å². The Morgan fingerprint density at radius 1 is 0.867 bits per heavy atom. The Labute approximate surface area is 181 Å². The molecule has 0 spiro atoms. The van der Waals surface area contributed by atoms with Gasteiger partial charge in [-0.05, 0) is 11.6 Å². The second-order valence-corrected chi connectivity index (χ2v) is 8.70. The molecule has 2 heterocycles. The van der Waals surface area contributed by atoms with E-state index in [9.17, 15) is 14.4 Å². The van der Waals surface area contributed by atoms with Crippen LogP contribution >= 0.6 is 23.5 Å². The predicted molar refractivity (Wildman–Crippen MR) is 117 cm³/mol. The molecule has 1 amide bonds. The van der Waals surface area contributed by atoms with Crippen molar-refractivity contribution in [1.82, 2.24) is 0 Å². The first-order valence-electron chi connectivity index (χ1n) is 9.01. The largest absolute Gasteiger partial charge is 0.465 e. The highest BCUT2D eigenvalue weighted by molar-refractivity contribution is 8.29. The second kappa shape index (κ2) is 8.41. The number of thioether (sulfide) groups is 2. The standard InChI is InChI=1S/C22H17NO5S2/c1-27-20(25)17-18(21(26)28-2)30-22(29-17)16-14-10-6-7-11-15(14)23(19(16)24)12-13-8-4-3-5-9-13/h3-11H,12H2,1-2H3. The first-order chi connectivity index (χ1) is 14.5. The summed E-state index contributed by atoms with van der Waals surface area (Å²) in [6, 6.07) is 17.2. The SMILES string of the molecule is COC(=O)C1=C(C(=O)OC)SC(=C2C(=O)N(Cc3ccccc3)c3ccccc32)S1. The average molecular weight is 440 g/mol. The van der Waals surface area contributed by atoms with Gasteiger partial charge in [0, 0.05) is 5.56 Å². The molecule has 2 aromatic rings. The highest BCUT2D eigenvalue weighted by Gasteiger charge is 2.40. The highest BCUT2D eigenvalue weighted by atomic mass is 32.2. The number of hydrogen-bond acceptors (Lipinski definition) is 7. The molecule has 2 aromatic carbocycles. The van der Waals surface area contributed by atoms with Crippen molar-refractivity contribution in [2.75, 3.05) is 19.1 Å². The zero-order chi connectivity index (χ0) is 21.3. The fraction of sp³-hybridized carbons (Fsp3) is 0.136. The minimum Gasteiger partial charge on any atom is -0.465 e. The number of carbonyl (C=O) groups excluding carboxylic acids is 3. The lowest BCUT2D eigenvalue weighted by molar-refractivity contribution is -0.138. The quantitative estimate of drug-likeness (QED) is 0.528. The number of esters is 2. The van der Waals surface area contributed by atoms with E-state index in [1.54, 1.807) is 4.90 Å². The van der Waals surface area contributed by atoms with Crippen LogP contribution in [0.2, 0.25) is 0 Å². The van der Waals surface area contributed by atoms with E-state index in [4.69, 9.17) is 9.47 Å². The predicted octanol–water partition coefficient (Wildman–Crippen LogP) is 3.94. The molecule has 0 atom stereocenters. The van der Waals surface area contributed by atoms with E-state index in [0.717, 1.165) is 40.3 Å². The van der Waals surface area contributed by atoms with Gasteiger partial charge in [0.15, 0.2) is 0 Å². The third-order valence-electron chi connectivity index (χ3n) is 4.65. The Hall–Kier alpha value is -2.97. The van der Waals surface area contributed by atoms with Crippen molar-refractivity contribution in [2.24, 2.45) is 0 Å². The maximum Gasteiger partial charge on any atom is 0.346 e. The summed E-state index contributed by atoms with van der Waals surface area (Å²) >= 11 is 2.13. The van der Waals surface area contributed by atoms with Crippen molar-refractivity contribution in [3.63, 3.8) is 0 Å². The third-order valence-corrected chi connectivity index (χ3v) is 7.21. The van der Waals surface area contributed by atoms with Crippen LogP contribution in [0.5, 0.6) is 0 Å². The molecule has 0 bridgehead atoms. The van der Waals surface area contributed by atoms with Crippen LogP contribution in [0.25, 0.3) is 5.57 Å². The first kappa shape index (κ1) is 20.3. The number of ether oxygens (including phenoxy) is 2. The van der Waals surface area contributed by atoms with E-state index >= 15 is 0 Å². The molecule has 2 aliphatic rings. The van der Waals surface area contributed by atoms with Crippen LogP contribution in [0.1, 0.15) is 11.1 Å². The first-order valence-corrected chi connectivity index (χ1v) is 10.6. The van der Waals surface area contributed by atoms with Crippen molar-refractivity contribution in [3.8, 4) is 0 Å². The highest BCUT2D eigenvalue weighted by Crippen LogP contribution is 2.55. The average Bonchev–Trinajstić information content (AvgIpc) is 3.33. The number of nitrogens with zero attached hydrogens (tertiary/aromatic N) is 1. The van der Waals surface area contributed by atoms with Crippen LogP contribution in [0.15, 0.2) is 68.6 Å². The summed E-state index contributed by atoms with van der Waals surface area (Å²) in [5.41, 5.74) is 3.03. The molecule has 30 heavy (non-hydrogen) atoms. The van der Waals surface area contributed by atoms with Gasteiger partial charge in [-0.1, -0.05) is 72.1 Å². The zero-order valence-electron chi connectivity index (χ0n) is 16.2. The van der Waals surface area contributed by atoms with Crippen LogP contribution in [-0.2, 0) is 30.4 Å². The zero-order valence-corrected chi connectivity index (χ0v) is 17.8. The maximum absolute atomic E-state index is 13.4. The number of hydrogen-bond donors (Lipinski definition) is 0. The van der Waals surface area contributed by atoms with Gasteiger partial charge in [-0.2, -0.15) is 0 Å². The van der Waals surface area contributed by atoms with Crippen molar-refractivity contribution >= 4 is 52.6 Å². The molecule has 8 heteroatoms. The molecule has 0 fully saturated rings. The molecule has 0 saturated carbocycles. The summed E-state index contributed by atoms with van der Waals surface area (Å²) in [4.78, 5) is 39.8. The van der Waals surface area contributed by atoms with E-state index in [0.29, 0.717) is 16.4 Å². The normalized spacial score (nSPS) is 15.5. The fourth-order valence-corrected chi connectivity index (χ4v) is 5.83. The van der Waals surface area contributed by atoms with Gasteiger partial charge in [-0.3, -0.25) is 4.79 Å². The Bertz CT molecular complexity index is 1080. The smallest absolute Gasteiger partial charge is 0.346 e. The molecular weight excluding hydrogens is 422 g/mol. The number of fused-ring (bicyclic) bond motifs is 1. The topological polar surface area (TPSA) is 72.9 Å². The van der Waals surface area contributed by atoms with Crippen molar-refractivity contribution in [1.29, 1.82) is 0 Å². The monoisotopic (exact) mass is 439 g/mol. The van der Waals surface area contributed by atoms with E-state index in [-0.39, 0.29) is 15.7 Å². The molecule has 6 nitrogen and oxygen atoms in total. The minimum absolute atomic E-state index is 0.128. The Morgan fingerprint density at radius 3 is 2.03 bits per heavy atom. The number of amides is 1. The fourth-order valence-electron chi connectivity index (χ4n) is 3.26. The van der Waals surface area contributed by atoms with E-state index in [1.165, 1.54) is 14.2 Å². The van der Waals surface area contributed by atoms with Crippen molar-refractivity contribution < 1.29 is 23.9 Å². The summed E-state index contributed by atoms with van der Waals surface area (Å²) in [5, 5.41) is 0. The van der Waals surface area contributed by atoms with Gasteiger partial charge in [0.2, 0.25) is 0 Å². The number of methoxy groups -OCH3 is 2. The Balaban J connectivity index is 1.76. The molecule has 0 aliphatic carbocycles. The lowest BCUT2D eigenvalue weighted by atomic mass is 10.1. The number of para-hydroxylation sites is 1. The van der Waals surface area contributed by atoms with Gasteiger partial charge in [0.1, 0.15) is 9.81 Å². The molecule has 2 aliphatic heterocycles. The van der Waals surface area contributed by atoms with E-state index in [2.05, 4.69) is 0 Å². The van der Waals surface area contributed by atoms with Gasteiger partial charge < -0.3 is 14.4 Å². The molecule has 0 saturated heterocycles. The molecule has 152 valence electrons. The summed E-state index contributed by atoms with van der Waals surface area (Å²) in [7, 11) is 2.50. The maximum atomic E-state index is 13.4. The van der Waals surface area contributed by atoms with Crippen LogP contribution in [0.3, 0.4) is 0 Å². The molecule has 0 N–H and O–H groups in total. The second-order valence-electron chi connectivity index (χ2n) is 6.40. The van der Waals surface area contributed by atoms with Gasteiger partial charge in [0.05, 0.1) is 36.3 Å². The molecule has 4 rings (SSSR count). The van der Waals surface area contributed by atoms with Crippen LogP contribution in [0.4, 0.5) is 5.69 Å². The van der Waals surface area contributed by atoms with Gasteiger partial charge in [-0.15, -0.1) is 0 Å². The van der Waals surface area contributed by atoms with Gasteiger partial charge in [0.25, 0.3) is 5.91 Å². The van der Waals surface area contributed by atoms with E-state index < -0.39 is 11.9 Å². The molecular formula is C22H17NO5S2. The number of rotatable bonds is 4. The Kier molecular flexibility index (Phi) is 5.69. The molecule has 0 aromatic heterocycles. The molecule has 0 unspecified atom stereocenters. The lowest BCUT2D eigenvalue weighted by Gasteiger charge is -2.17. The summed E-state index contributed by atoms with van der Waals surface area (Å²) in [6.45, 7) is 0.421. The number of anilines is 1. The van der Waals surface area contributed by atoms with Gasteiger partial charge in [-0.25, -0.2) is 9.59 Å². The third kappa shape index (κ3) is 3.53. The summed E-state index contributed by atoms with van der Waals surface area (Å²) < 4.78 is 10.2. The summed E-state index contributed by atoms with van der Waals surface area (Å²) in [6.07, 6.45) is 0. The van der Waals surface area contributed by atoms with Crippen LogP contribution in [0, 0.1) is 0 Å². The minimum atomic E-state index is -0.636. The van der Waals surface area contributed by atoms with Crippen LogP contribution in [-0.4, -0.2) is 32.1 Å². The number of carbonyl (C=O) groups is 3. The lowest BCUT2D eigenvalue weighted by Crippen LogP contribution is -2.25. The van der Waals surface area contributed by atoms with Crippen LogP contribution < -0.4 is 4.90 Å².